The highest BCUT2D eigenvalue weighted by Gasteiger charge is 2.29. The summed E-state index contributed by atoms with van der Waals surface area (Å²) in [5, 5.41) is 3.19. The number of carbonyl (C=O) groups excluding carboxylic acids is 1. The van der Waals surface area contributed by atoms with Crippen LogP contribution in [-0.4, -0.2) is 39.2 Å². The van der Waals surface area contributed by atoms with Crippen LogP contribution in [0.1, 0.15) is 56.5 Å². The first kappa shape index (κ1) is 21.4. The van der Waals surface area contributed by atoms with Crippen molar-refractivity contribution in [3.63, 3.8) is 0 Å². The molecule has 0 N–H and O–H groups in total. The topological polar surface area (TPSA) is 56.6 Å². The van der Waals surface area contributed by atoms with Crippen molar-refractivity contribution in [2.75, 3.05) is 13.1 Å². The van der Waals surface area contributed by atoms with E-state index in [9.17, 15) is 4.79 Å². The van der Waals surface area contributed by atoms with Gasteiger partial charge in [0.1, 0.15) is 17.0 Å². The lowest BCUT2D eigenvalue weighted by Crippen LogP contribution is -2.41. The summed E-state index contributed by atoms with van der Waals surface area (Å²) < 4.78 is 13.8. The second-order valence-corrected chi connectivity index (χ2v) is 9.66. The van der Waals surface area contributed by atoms with Gasteiger partial charge in [-0.15, -0.1) is 11.3 Å². The predicted octanol–water partition coefficient (Wildman–Crippen LogP) is 5.69. The molecule has 7 heteroatoms. The van der Waals surface area contributed by atoms with Crippen LogP contribution in [0.5, 0.6) is 5.75 Å². The van der Waals surface area contributed by atoms with Gasteiger partial charge in [0, 0.05) is 36.8 Å². The number of thiazole rings is 1. The van der Waals surface area contributed by atoms with Crippen molar-refractivity contribution in [3.8, 4) is 5.75 Å². The summed E-state index contributed by atoms with van der Waals surface area (Å²) in [7, 11) is 0. The lowest BCUT2D eigenvalue weighted by atomic mass is 9.98. The maximum Gasteiger partial charge on any atom is 0.410 e. The lowest BCUT2D eigenvalue weighted by Gasteiger charge is -2.32. The van der Waals surface area contributed by atoms with Crippen LogP contribution in [0.2, 0.25) is 0 Å². The summed E-state index contributed by atoms with van der Waals surface area (Å²) in [6.45, 7) is 7.07. The van der Waals surface area contributed by atoms with E-state index >= 15 is 0 Å². The monoisotopic (exact) mass is 439 g/mol. The van der Waals surface area contributed by atoms with Gasteiger partial charge in [-0.05, 0) is 57.9 Å². The van der Waals surface area contributed by atoms with Crippen LogP contribution in [0.25, 0.3) is 0 Å². The molecule has 31 heavy (non-hydrogen) atoms. The Labute approximate surface area is 187 Å². The normalized spacial score (nSPS) is 16.2. The fourth-order valence-electron chi connectivity index (χ4n) is 3.64. The molecule has 0 bridgehead atoms. The molecule has 2 aromatic heterocycles. The molecule has 1 aliphatic rings. The van der Waals surface area contributed by atoms with Gasteiger partial charge in [0.05, 0.1) is 5.01 Å². The number of carbonyl (C=O) groups is 1. The molecule has 0 spiro atoms. The third-order valence-electron chi connectivity index (χ3n) is 5.18. The maximum absolute atomic E-state index is 12.3. The number of nitrogens with zero attached hydrogens (tertiary/aromatic N) is 3. The van der Waals surface area contributed by atoms with Crippen LogP contribution >= 0.6 is 11.3 Å². The minimum absolute atomic E-state index is 0.227. The third kappa shape index (κ3) is 5.47. The van der Waals surface area contributed by atoms with Crippen molar-refractivity contribution >= 4 is 17.4 Å². The Hall–Kier alpha value is -2.80. The molecule has 1 unspecified atom stereocenters. The lowest BCUT2D eigenvalue weighted by molar-refractivity contribution is 0.0204. The van der Waals surface area contributed by atoms with Crippen molar-refractivity contribution in [1.29, 1.82) is 0 Å². The molecule has 0 saturated carbocycles. The van der Waals surface area contributed by atoms with Gasteiger partial charge in [-0.2, -0.15) is 0 Å². The number of likely N-dealkylation sites (tertiary alicyclic amines) is 1. The second kappa shape index (κ2) is 9.14. The molecule has 1 atom stereocenters. The van der Waals surface area contributed by atoms with Gasteiger partial charge >= 0.3 is 6.09 Å². The molecule has 1 aliphatic heterocycles. The largest absolute Gasteiger partial charge is 0.464 e. The number of hydrogen-bond acceptors (Lipinski definition) is 5. The van der Waals surface area contributed by atoms with Gasteiger partial charge in [-0.3, -0.25) is 0 Å². The van der Waals surface area contributed by atoms with Crippen molar-refractivity contribution in [3.05, 3.63) is 70.9 Å². The average Bonchev–Trinajstić information content (AvgIpc) is 3.44. The first-order valence-corrected chi connectivity index (χ1v) is 11.5. The van der Waals surface area contributed by atoms with Crippen LogP contribution < -0.4 is 4.74 Å². The molecule has 1 amide bonds. The Morgan fingerprint density at radius 1 is 1.10 bits per heavy atom. The van der Waals surface area contributed by atoms with Gasteiger partial charge in [0.25, 0.3) is 0 Å². The Morgan fingerprint density at radius 2 is 1.77 bits per heavy atom. The molecule has 0 radical (unpaired) electrons. The van der Waals surface area contributed by atoms with E-state index in [1.165, 1.54) is 0 Å². The molecule has 3 aromatic rings. The summed E-state index contributed by atoms with van der Waals surface area (Å²) in [6, 6.07) is 13.8. The van der Waals surface area contributed by atoms with E-state index in [0.29, 0.717) is 19.0 Å². The van der Waals surface area contributed by atoms with E-state index < -0.39 is 5.60 Å². The number of amides is 1. The third-order valence-corrected chi connectivity index (χ3v) is 6.20. The Bertz CT molecular complexity index is 971. The molecule has 1 saturated heterocycles. The molecule has 4 rings (SSSR count). The van der Waals surface area contributed by atoms with Gasteiger partial charge < -0.3 is 18.9 Å². The molecular weight excluding hydrogens is 410 g/mol. The van der Waals surface area contributed by atoms with Crippen LogP contribution in [0.4, 0.5) is 4.79 Å². The van der Waals surface area contributed by atoms with E-state index in [2.05, 4.69) is 5.38 Å². The summed E-state index contributed by atoms with van der Waals surface area (Å²) >= 11 is 1.67. The number of para-hydroxylation sites is 1. The summed E-state index contributed by atoms with van der Waals surface area (Å²) in [5.74, 6) is 1.15. The number of benzene rings is 1. The van der Waals surface area contributed by atoms with Crippen molar-refractivity contribution in [2.24, 2.45) is 0 Å². The predicted molar refractivity (Wildman–Crippen MR) is 122 cm³/mol. The number of piperidine rings is 1. The Balaban J connectivity index is 1.44. The van der Waals surface area contributed by atoms with Crippen LogP contribution in [0.3, 0.4) is 0 Å². The smallest absolute Gasteiger partial charge is 0.410 e. The first-order valence-electron chi connectivity index (χ1n) is 10.7. The number of ether oxygens (including phenoxy) is 2. The quantitative estimate of drug-likeness (QED) is 0.513. The number of hydrogen-bond donors (Lipinski definition) is 0. The van der Waals surface area contributed by atoms with E-state index in [-0.39, 0.29) is 12.3 Å². The van der Waals surface area contributed by atoms with Gasteiger partial charge in [-0.1, -0.05) is 18.2 Å². The van der Waals surface area contributed by atoms with E-state index in [0.717, 1.165) is 29.3 Å². The molecule has 1 fully saturated rings. The standard InChI is InChI=1S/C24H29N3O3S/c1-24(2,3)30-23(28)27-15-11-18(12-16-27)21-25-20(17-31-21)22(26-13-7-8-14-26)29-19-9-5-4-6-10-19/h4-10,13-14,17-18,22H,11-12,15-16H2,1-3H3. The zero-order valence-corrected chi connectivity index (χ0v) is 19.0. The Kier molecular flexibility index (Phi) is 6.32. The summed E-state index contributed by atoms with van der Waals surface area (Å²) in [4.78, 5) is 19.1. The minimum Gasteiger partial charge on any atom is -0.464 e. The summed E-state index contributed by atoms with van der Waals surface area (Å²) in [5.41, 5.74) is 0.430. The molecule has 0 aliphatic carbocycles. The number of aromatic nitrogens is 2. The van der Waals surface area contributed by atoms with E-state index in [4.69, 9.17) is 14.5 Å². The highest BCUT2D eigenvalue weighted by Crippen LogP contribution is 2.33. The van der Waals surface area contributed by atoms with E-state index in [1.54, 1.807) is 16.2 Å². The van der Waals surface area contributed by atoms with Gasteiger partial charge in [0.2, 0.25) is 6.23 Å². The fourth-order valence-corrected chi connectivity index (χ4v) is 4.64. The van der Waals surface area contributed by atoms with Gasteiger partial charge in [0.15, 0.2) is 0 Å². The van der Waals surface area contributed by atoms with E-state index in [1.807, 2.05) is 80.2 Å². The van der Waals surface area contributed by atoms with Crippen LogP contribution in [0, 0.1) is 0 Å². The average molecular weight is 440 g/mol. The molecule has 3 heterocycles. The van der Waals surface area contributed by atoms with Crippen molar-refractivity contribution in [2.45, 2.75) is 51.4 Å². The molecule has 1 aromatic carbocycles. The minimum atomic E-state index is -0.468. The SMILES string of the molecule is CC(C)(C)OC(=O)N1CCC(c2nc(C(Oc3ccccc3)n3cccc3)cs2)CC1. The highest BCUT2D eigenvalue weighted by molar-refractivity contribution is 7.09. The highest BCUT2D eigenvalue weighted by atomic mass is 32.1. The zero-order valence-electron chi connectivity index (χ0n) is 18.2. The zero-order chi connectivity index (χ0) is 21.8. The first-order chi connectivity index (χ1) is 14.9. The number of rotatable bonds is 5. The van der Waals surface area contributed by atoms with Crippen molar-refractivity contribution in [1.82, 2.24) is 14.5 Å². The summed E-state index contributed by atoms with van der Waals surface area (Å²) in [6.07, 6.45) is 5.22. The van der Waals surface area contributed by atoms with Crippen LogP contribution in [0.15, 0.2) is 60.2 Å². The molecule has 164 valence electrons. The maximum atomic E-state index is 12.3. The second-order valence-electron chi connectivity index (χ2n) is 8.77. The van der Waals surface area contributed by atoms with Crippen LogP contribution in [-0.2, 0) is 4.74 Å². The Morgan fingerprint density at radius 3 is 2.42 bits per heavy atom. The molecular formula is C24H29N3O3S. The fraction of sp³-hybridized carbons (Fsp3) is 0.417. The van der Waals surface area contributed by atoms with Crippen molar-refractivity contribution < 1.29 is 14.3 Å². The van der Waals surface area contributed by atoms with Gasteiger partial charge in [-0.25, -0.2) is 9.78 Å². The molecule has 6 nitrogen and oxygen atoms in total.